The number of rotatable bonds is 0. The number of benzene rings is 1. The van der Waals surface area contributed by atoms with Crippen molar-refractivity contribution in [3.05, 3.63) is 29.8 Å². The SMILES string of the molecule is FC1Sc2ccccc2CN1C(F)(F)F. The zero-order valence-electron chi connectivity index (χ0n) is 7.46. The lowest BCUT2D eigenvalue weighted by atomic mass is 10.2. The molecule has 1 atom stereocenters. The summed E-state index contributed by atoms with van der Waals surface area (Å²) in [4.78, 5) is 0.463. The highest BCUT2D eigenvalue weighted by molar-refractivity contribution is 7.99. The Balaban J connectivity index is 2.30. The average Bonchev–Trinajstić information content (AvgIpc) is 2.15. The summed E-state index contributed by atoms with van der Waals surface area (Å²) < 4.78 is 50.3. The van der Waals surface area contributed by atoms with E-state index in [1.54, 1.807) is 24.3 Å². The normalized spacial score (nSPS) is 22.5. The Morgan fingerprint density at radius 1 is 1.27 bits per heavy atom. The molecule has 1 unspecified atom stereocenters. The third-order valence-corrected chi connectivity index (χ3v) is 3.21. The number of halogens is 4. The minimum Gasteiger partial charge on any atom is -0.217 e. The van der Waals surface area contributed by atoms with Crippen molar-refractivity contribution in [2.24, 2.45) is 0 Å². The van der Waals surface area contributed by atoms with Gasteiger partial charge in [-0.05, 0) is 11.6 Å². The van der Waals surface area contributed by atoms with Gasteiger partial charge in [-0.1, -0.05) is 30.0 Å². The van der Waals surface area contributed by atoms with Crippen molar-refractivity contribution in [1.29, 1.82) is 0 Å². The van der Waals surface area contributed by atoms with Crippen molar-refractivity contribution in [3.63, 3.8) is 0 Å². The Morgan fingerprint density at radius 3 is 2.60 bits per heavy atom. The molecular weight excluding hydrogens is 230 g/mol. The quantitative estimate of drug-likeness (QED) is 0.502. The second kappa shape index (κ2) is 3.68. The van der Waals surface area contributed by atoms with Crippen LogP contribution in [0.1, 0.15) is 5.56 Å². The Labute approximate surface area is 88.1 Å². The summed E-state index contributed by atoms with van der Waals surface area (Å²) in [5, 5.41) is 0. The summed E-state index contributed by atoms with van der Waals surface area (Å²) >= 11 is 0.586. The van der Waals surface area contributed by atoms with E-state index in [1.165, 1.54) is 0 Å². The molecule has 1 aromatic carbocycles. The fraction of sp³-hybridized carbons (Fsp3) is 0.333. The molecule has 0 amide bonds. The zero-order chi connectivity index (χ0) is 11.1. The molecule has 82 valence electrons. The highest BCUT2D eigenvalue weighted by atomic mass is 32.2. The average molecular weight is 237 g/mol. The van der Waals surface area contributed by atoms with Crippen LogP contribution >= 0.6 is 11.8 Å². The van der Waals surface area contributed by atoms with Crippen LogP contribution < -0.4 is 0 Å². The van der Waals surface area contributed by atoms with Gasteiger partial charge in [-0.25, -0.2) is 4.39 Å². The van der Waals surface area contributed by atoms with Crippen LogP contribution in [0.2, 0.25) is 0 Å². The molecule has 1 heterocycles. The molecule has 1 aliphatic heterocycles. The lowest BCUT2D eigenvalue weighted by Crippen LogP contribution is -2.43. The van der Waals surface area contributed by atoms with Gasteiger partial charge < -0.3 is 0 Å². The highest BCUT2D eigenvalue weighted by Gasteiger charge is 2.45. The van der Waals surface area contributed by atoms with E-state index in [1.807, 2.05) is 0 Å². The van der Waals surface area contributed by atoms with E-state index in [9.17, 15) is 17.6 Å². The van der Waals surface area contributed by atoms with Crippen LogP contribution in [0.4, 0.5) is 17.6 Å². The van der Waals surface area contributed by atoms with Crippen LogP contribution in [0.15, 0.2) is 29.2 Å². The molecule has 0 N–H and O–H groups in total. The lowest BCUT2D eigenvalue weighted by molar-refractivity contribution is -0.265. The predicted molar refractivity (Wildman–Crippen MR) is 48.8 cm³/mol. The van der Waals surface area contributed by atoms with Crippen LogP contribution in [0.3, 0.4) is 0 Å². The van der Waals surface area contributed by atoms with Gasteiger partial charge in [0.05, 0.1) is 0 Å². The number of hydrogen-bond donors (Lipinski definition) is 0. The van der Waals surface area contributed by atoms with Gasteiger partial charge in [0.2, 0.25) is 5.63 Å². The molecule has 15 heavy (non-hydrogen) atoms. The Hall–Kier alpha value is -0.750. The number of nitrogens with zero attached hydrogens (tertiary/aromatic N) is 1. The van der Waals surface area contributed by atoms with Crippen molar-refractivity contribution < 1.29 is 17.6 Å². The van der Waals surface area contributed by atoms with Gasteiger partial charge in [0, 0.05) is 11.4 Å². The number of hydrogen-bond acceptors (Lipinski definition) is 2. The fourth-order valence-corrected chi connectivity index (χ4v) is 2.35. The maximum atomic E-state index is 13.2. The van der Waals surface area contributed by atoms with Gasteiger partial charge in [0.25, 0.3) is 0 Å². The first-order chi connectivity index (χ1) is 6.98. The molecule has 0 saturated heterocycles. The first-order valence-corrected chi connectivity index (χ1v) is 5.08. The largest absolute Gasteiger partial charge is 0.463 e. The fourth-order valence-electron chi connectivity index (χ4n) is 1.38. The predicted octanol–water partition coefficient (Wildman–Crippen LogP) is 3.37. The summed E-state index contributed by atoms with van der Waals surface area (Å²) in [5.41, 5.74) is -1.55. The summed E-state index contributed by atoms with van der Waals surface area (Å²) in [6, 6.07) is 6.53. The molecule has 0 radical (unpaired) electrons. The van der Waals surface area contributed by atoms with Crippen molar-refractivity contribution in [2.45, 2.75) is 23.4 Å². The molecule has 0 fully saturated rings. The van der Waals surface area contributed by atoms with Crippen molar-refractivity contribution in [2.75, 3.05) is 0 Å². The summed E-state index contributed by atoms with van der Waals surface area (Å²) in [6.07, 6.45) is -4.63. The molecule has 0 aromatic heterocycles. The first-order valence-electron chi connectivity index (χ1n) is 4.20. The maximum absolute atomic E-state index is 13.2. The number of fused-ring (bicyclic) bond motifs is 1. The number of thioether (sulfide) groups is 1. The van der Waals surface area contributed by atoms with Gasteiger partial charge in [-0.2, -0.15) is 18.1 Å². The third-order valence-electron chi connectivity index (χ3n) is 2.11. The lowest BCUT2D eigenvalue weighted by Gasteiger charge is -2.32. The molecule has 6 heteroatoms. The van der Waals surface area contributed by atoms with Gasteiger partial charge in [-0.3, -0.25) is 0 Å². The summed E-state index contributed by atoms with van der Waals surface area (Å²) in [6.45, 7) is -0.423. The molecular formula is C9H7F4NS. The summed E-state index contributed by atoms with van der Waals surface area (Å²) in [7, 11) is 0. The van der Waals surface area contributed by atoms with Gasteiger partial charge in [0.1, 0.15) is 0 Å². The van der Waals surface area contributed by atoms with Gasteiger partial charge in [-0.15, -0.1) is 0 Å². The highest BCUT2D eigenvalue weighted by Crippen LogP contribution is 2.41. The molecule has 1 aliphatic rings. The van der Waals surface area contributed by atoms with Crippen LogP contribution in [0.25, 0.3) is 0 Å². The molecule has 0 spiro atoms. The van der Waals surface area contributed by atoms with Crippen LogP contribution in [-0.2, 0) is 6.54 Å². The molecule has 1 aromatic rings. The Kier molecular flexibility index (Phi) is 2.64. The van der Waals surface area contributed by atoms with Gasteiger partial charge in [0.15, 0.2) is 0 Å². The molecule has 0 saturated carbocycles. The molecule has 2 rings (SSSR count). The van der Waals surface area contributed by atoms with E-state index in [0.717, 1.165) is 0 Å². The Bertz CT molecular complexity index is 365. The van der Waals surface area contributed by atoms with Crippen LogP contribution in [-0.4, -0.2) is 16.8 Å². The van der Waals surface area contributed by atoms with Crippen molar-refractivity contribution in [1.82, 2.24) is 4.90 Å². The maximum Gasteiger partial charge on any atom is 0.463 e. The molecule has 1 nitrogen and oxygen atoms in total. The summed E-state index contributed by atoms with van der Waals surface area (Å²) in [5.74, 6) is 0. The monoisotopic (exact) mass is 237 g/mol. The number of alkyl halides is 4. The molecule has 0 bridgehead atoms. The van der Waals surface area contributed by atoms with E-state index in [2.05, 4.69) is 0 Å². The van der Waals surface area contributed by atoms with Crippen molar-refractivity contribution >= 4 is 11.8 Å². The van der Waals surface area contributed by atoms with Crippen LogP contribution in [0.5, 0.6) is 0 Å². The van der Waals surface area contributed by atoms with E-state index < -0.39 is 18.5 Å². The molecule has 0 aliphatic carbocycles. The third kappa shape index (κ3) is 2.10. The zero-order valence-corrected chi connectivity index (χ0v) is 8.28. The smallest absolute Gasteiger partial charge is 0.217 e. The van der Waals surface area contributed by atoms with E-state index in [4.69, 9.17) is 0 Å². The first kappa shape index (κ1) is 10.8. The Morgan fingerprint density at radius 2 is 1.93 bits per heavy atom. The van der Waals surface area contributed by atoms with E-state index in [-0.39, 0.29) is 4.90 Å². The van der Waals surface area contributed by atoms with E-state index >= 15 is 0 Å². The minimum atomic E-state index is -4.63. The van der Waals surface area contributed by atoms with Gasteiger partial charge >= 0.3 is 6.30 Å². The van der Waals surface area contributed by atoms with E-state index in [0.29, 0.717) is 22.2 Å². The second-order valence-electron chi connectivity index (χ2n) is 3.11. The standard InChI is InChI=1S/C9H7F4NS/c10-8-14(9(11,12)13)5-6-3-1-2-4-7(6)15-8/h1-4,8H,5H2. The van der Waals surface area contributed by atoms with Crippen molar-refractivity contribution in [3.8, 4) is 0 Å². The minimum absolute atomic E-state index is 0.111. The topological polar surface area (TPSA) is 3.24 Å². The second-order valence-corrected chi connectivity index (χ2v) is 4.18. The van der Waals surface area contributed by atoms with Crippen LogP contribution in [0, 0.1) is 0 Å².